The van der Waals surface area contributed by atoms with E-state index in [1.54, 1.807) is 6.07 Å². The van der Waals surface area contributed by atoms with Gasteiger partial charge in [-0.15, -0.1) is 0 Å². The zero-order chi connectivity index (χ0) is 15.8. The first kappa shape index (κ1) is 14.4. The van der Waals surface area contributed by atoms with Crippen LogP contribution < -0.4 is 5.73 Å². The van der Waals surface area contributed by atoms with Crippen molar-refractivity contribution in [1.82, 2.24) is 9.88 Å². The average molecular weight is 311 g/mol. The highest BCUT2D eigenvalue weighted by Gasteiger charge is 2.31. The molecule has 0 bridgehead atoms. The van der Waals surface area contributed by atoms with Gasteiger partial charge in [0.15, 0.2) is 5.58 Å². The van der Waals surface area contributed by atoms with Gasteiger partial charge in [0.2, 0.25) is 5.89 Å². The van der Waals surface area contributed by atoms with Gasteiger partial charge in [0.05, 0.1) is 6.54 Å². The van der Waals surface area contributed by atoms with Crippen molar-refractivity contribution in [1.29, 1.82) is 0 Å². The summed E-state index contributed by atoms with van der Waals surface area (Å²) in [6, 6.07) is 14.8. The molecule has 118 valence electrons. The van der Waals surface area contributed by atoms with Crippen LogP contribution in [0.2, 0.25) is 0 Å². The molecule has 2 atom stereocenters. The van der Waals surface area contributed by atoms with E-state index in [0.717, 1.165) is 13.1 Å². The summed E-state index contributed by atoms with van der Waals surface area (Å²) in [7, 11) is 0. The lowest BCUT2D eigenvalue weighted by molar-refractivity contribution is 0.289. The van der Waals surface area contributed by atoms with Gasteiger partial charge in [0.25, 0.3) is 0 Å². The molecule has 1 fully saturated rings. The smallest absolute Gasteiger partial charge is 0.209 e. The van der Waals surface area contributed by atoms with Gasteiger partial charge < -0.3 is 10.2 Å². The Hall–Kier alpha value is -2.24. The Morgan fingerprint density at radius 2 is 2.00 bits per heavy atom. The second-order valence-electron chi connectivity index (χ2n) is 6.09. The van der Waals surface area contributed by atoms with Gasteiger partial charge in [-0.25, -0.2) is 9.37 Å². The lowest BCUT2D eigenvalue weighted by atomic mass is 9.95. The van der Waals surface area contributed by atoms with Crippen molar-refractivity contribution in [2.75, 3.05) is 13.1 Å². The number of hydrogen-bond acceptors (Lipinski definition) is 4. The van der Waals surface area contributed by atoms with Crippen LogP contribution in [0.3, 0.4) is 0 Å². The molecular weight excluding hydrogens is 293 g/mol. The Morgan fingerprint density at radius 1 is 1.17 bits per heavy atom. The van der Waals surface area contributed by atoms with Crippen LogP contribution in [0, 0.1) is 5.82 Å². The van der Waals surface area contributed by atoms with Crippen molar-refractivity contribution in [3.8, 4) is 0 Å². The fourth-order valence-electron chi connectivity index (χ4n) is 3.30. The van der Waals surface area contributed by atoms with Crippen LogP contribution in [0.4, 0.5) is 4.39 Å². The van der Waals surface area contributed by atoms with Gasteiger partial charge in [0.1, 0.15) is 11.3 Å². The van der Waals surface area contributed by atoms with E-state index in [1.807, 2.05) is 18.2 Å². The number of rotatable bonds is 3. The van der Waals surface area contributed by atoms with Crippen molar-refractivity contribution >= 4 is 11.1 Å². The molecule has 1 aromatic heterocycles. The van der Waals surface area contributed by atoms with Gasteiger partial charge in [-0.1, -0.05) is 30.3 Å². The minimum absolute atomic E-state index is 0.0965. The third-order valence-corrected chi connectivity index (χ3v) is 4.42. The zero-order valence-electron chi connectivity index (χ0n) is 12.7. The summed E-state index contributed by atoms with van der Waals surface area (Å²) in [6.45, 7) is 2.26. The van der Waals surface area contributed by atoms with Gasteiger partial charge in [-0.2, -0.15) is 0 Å². The second-order valence-corrected chi connectivity index (χ2v) is 6.09. The summed E-state index contributed by atoms with van der Waals surface area (Å²) in [5.74, 6) is 0.620. The van der Waals surface area contributed by atoms with Crippen molar-refractivity contribution < 1.29 is 8.81 Å². The average Bonchev–Trinajstić information content (AvgIpc) is 3.10. The number of oxazole rings is 1. The van der Waals surface area contributed by atoms with E-state index in [9.17, 15) is 4.39 Å². The number of benzene rings is 2. The highest BCUT2D eigenvalue weighted by molar-refractivity contribution is 5.72. The fourth-order valence-corrected chi connectivity index (χ4v) is 3.30. The largest absolute Gasteiger partial charge is 0.439 e. The Morgan fingerprint density at radius 3 is 2.83 bits per heavy atom. The van der Waals surface area contributed by atoms with Crippen LogP contribution in [0.1, 0.15) is 17.4 Å². The van der Waals surface area contributed by atoms with Crippen molar-refractivity contribution in [2.24, 2.45) is 5.73 Å². The maximum absolute atomic E-state index is 13.2. The molecule has 2 N–H and O–H groups in total. The van der Waals surface area contributed by atoms with E-state index < -0.39 is 0 Å². The van der Waals surface area contributed by atoms with Crippen molar-refractivity contribution in [2.45, 2.75) is 18.5 Å². The molecule has 4 nitrogen and oxygen atoms in total. The van der Waals surface area contributed by atoms with Crippen LogP contribution in [0.15, 0.2) is 52.9 Å². The molecule has 0 radical (unpaired) electrons. The normalized spacial score (nSPS) is 22.0. The zero-order valence-corrected chi connectivity index (χ0v) is 12.7. The quantitative estimate of drug-likeness (QED) is 0.808. The Kier molecular flexibility index (Phi) is 3.59. The predicted molar refractivity (Wildman–Crippen MR) is 86.4 cm³/mol. The molecule has 0 aliphatic carbocycles. The minimum atomic E-state index is -0.301. The maximum Gasteiger partial charge on any atom is 0.209 e. The molecular formula is C18H18FN3O. The van der Waals surface area contributed by atoms with Crippen LogP contribution in [-0.4, -0.2) is 29.0 Å². The fraction of sp³-hybridized carbons (Fsp3) is 0.278. The minimum Gasteiger partial charge on any atom is -0.439 e. The summed E-state index contributed by atoms with van der Waals surface area (Å²) in [5.41, 5.74) is 8.75. The molecule has 23 heavy (non-hydrogen) atoms. The molecule has 3 aromatic rings. The summed E-state index contributed by atoms with van der Waals surface area (Å²) >= 11 is 0. The van der Waals surface area contributed by atoms with E-state index in [4.69, 9.17) is 10.2 Å². The van der Waals surface area contributed by atoms with E-state index in [0.29, 0.717) is 29.5 Å². The van der Waals surface area contributed by atoms with Crippen molar-refractivity contribution in [3.05, 3.63) is 65.8 Å². The van der Waals surface area contributed by atoms with E-state index in [1.165, 1.54) is 17.7 Å². The third-order valence-electron chi connectivity index (χ3n) is 4.42. The number of hydrogen-bond donors (Lipinski definition) is 1. The summed E-state index contributed by atoms with van der Waals surface area (Å²) in [4.78, 5) is 6.61. The first-order valence-electron chi connectivity index (χ1n) is 7.77. The topological polar surface area (TPSA) is 55.3 Å². The van der Waals surface area contributed by atoms with E-state index in [-0.39, 0.29) is 11.9 Å². The molecule has 5 heteroatoms. The number of fused-ring (bicyclic) bond motifs is 1. The van der Waals surface area contributed by atoms with Crippen LogP contribution in [0.5, 0.6) is 0 Å². The van der Waals surface area contributed by atoms with Crippen LogP contribution in [-0.2, 0) is 6.54 Å². The highest BCUT2D eigenvalue weighted by Crippen LogP contribution is 2.28. The number of likely N-dealkylation sites (tertiary alicyclic amines) is 1. The lowest BCUT2D eigenvalue weighted by Crippen LogP contribution is -2.28. The molecule has 0 spiro atoms. The monoisotopic (exact) mass is 311 g/mol. The van der Waals surface area contributed by atoms with E-state index in [2.05, 4.69) is 22.0 Å². The Labute approximate surface area is 133 Å². The molecule has 4 rings (SSSR count). The Bertz CT molecular complexity index is 818. The number of nitrogens with two attached hydrogens (primary N) is 1. The molecule has 1 aliphatic heterocycles. The van der Waals surface area contributed by atoms with Gasteiger partial charge in [0, 0.05) is 31.1 Å². The van der Waals surface area contributed by atoms with Crippen LogP contribution in [0.25, 0.3) is 11.1 Å². The first-order chi connectivity index (χ1) is 11.2. The van der Waals surface area contributed by atoms with Gasteiger partial charge in [-0.3, -0.25) is 4.90 Å². The molecule has 1 saturated heterocycles. The second kappa shape index (κ2) is 5.76. The van der Waals surface area contributed by atoms with Gasteiger partial charge >= 0.3 is 0 Å². The molecule has 0 unspecified atom stereocenters. The molecule has 2 heterocycles. The van der Waals surface area contributed by atoms with Gasteiger partial charge in [-0.05, 0) is 17.7 Å². The molecule has 2 aromatic carbocycles. The standard InChI is InChI=1S/C18H18FN3O/c19-13-6-7-17-16(8-13)21-18(23-17)11-22-9-14(15(20)10-22)12-4-2-1-3-5-12/h1-8,14-15H,9-11,20H2/t14-,15+/m0/s1. The van der Waals surface area contributed by atoms with Crippen LogP contribution >= 0.6 is 0 Å². The van der Waals surface area contributed by atoms with E-state index >= 15 is 0 Å². The SMILES string of the molecule is N[C@@H]1CN(Cc2nc3cc(F)ccc3o2)C[C@H]1c1ccccc1. The molecule has 0 amide bonds. The third kappa shape index (κ3) is 2.85. The number of halogens is 1. The van der Waals surface area contributed by atoms with Crippen molar-refractivity contribution in [3.63, 3.8) is 0 Å². The molecule has 1 aliphatic rings. The molecule has 0 saturated carbocycles. The lowest BCUT2D eigenvalue weighted by Gasteiger charge is -2.14. The first-order valence-corrected chi connectivity index (χ1v) is 7.77. The maximum atomic E-state index is 13.2. The summed E-state index contributed by atoms with van der Waals surface area (Å²) in [5, 5.41) is 0. The summed E-state index contributed by atoms with van der Waals surface area (Å²) < 4.78 is 18.9. The number of aromatic nitrogens is 1. The predicted octanol–water partition coefficient (Wildman–Crippen LogP) is 2.89. The summed E-state index contributed by atoms with van der Waals surface area (Å²) in [6.07, 6.45) is 0. The highest BCUT2D eigenvalue weighted by atomic mass is 19.1. The number of nitrogens with zero attached hydrogens (tertiary/aromatic N) is 2. The Balaban J connectivity index is 1.50.